The van der Waals surface area contributed by atoms with Crippen molar-refractivity contribution in [2.45, 2.75) is 13.8 Å². The van der Waals surface area contributed by atoms with Crippen molar-refractivity contribution in [3.05, 3.63) is 52.7 Å². The number of aryl methyl sites for hydroxylation is 1. The molecule has 4 heterocycles. The van der Waals surface area contributed by atoms with Crippen LogP contribution >= 0.6 is 15.9 Å². The monoisotopic (exact) mass is 430 g/mol. The molecule has 1 aliphatic rings. The number of aromatic nitrogens is 4. The van der Waals surface area contributed by atoms with Gasteiger partial charge in [0.05, 0.1) is 5.69 Å². The van der Waals surface area contributed by atoms with Gasteiger partial charge in [-0.2, -0.15) is 0 Å². The number of halogens is 1. The second kappa shape index (κ2) is 7.15. The van der Waals surface area contributed by atoms with Crippen LogP contribution in [0.25, 0.3) is 5.82 Å². The molecule has 0 unspecified atom stereocenters. The summed E-state index contributed by atoms with van der Waals surface area (Å²) in [5.74, 6) is 1.90. The number of piperazine rings is 1. The zero-order valence-electron chi connectivity index (χ0n) is 15.1. The van der Waals surface area contributed by atoms with E-state index in [4.69, 9.17) is 4.42 Å². The standard InChI is InChI=1S/C18H19BrN6O2/c1-12-13(2)25(11-22-12)17-9-16(20-10-21-17)23-5-7-24(8-6-23)18(26)14-3-4-15(19)27-14/h3-4,9-11H,5-8H2,1-2H3. The first-order valence-corrected chi connectivity index (χ1v) is 9.45. The van der Waals surface area contributed by atoms with Gasteiger partial charge in [0.15, 0.2) is 10.4 Å². The van der Waals surface area contributed by atoms with Crippen LogP contribution in [0.3, 0.4) is 0 Å². The van der Waals surface area contributed by atoms with E-state index in [9.17, 15) is 4.79 Å². The van der Waals surface area contributed by atoms with Gasteiger partial charge in [0, 0.05) is 37.9 Å². The van der Waals surface area contributed by atoms with Gasteiger partial charge in [-0.15, -0.1) is 0 Å². The maximum atomic E-state index is 12.5. The van der Waals surface area contributed by atoms with Gasteiger partial charge < -0.3 is 14.2 Å². The van der Waals surface area contributed by atoms with Gasteiger partial charge in [0.25, 0.3) is 5.91 Å². The van der Waals surface area contributed by atoms with Gasteiger partial charge in [-0.25, -0.2) is 15.0 Å². The van der Waals surface area contributed by atoms with Gasteiger partial charge >= 0.3 is 0 Å². The second-order valence-electron chi connectivity index (χ2n) is 6.40. The lowest BCUT2D eigenvalue weighted by molar-refractivity contribution is 0.0713. The topological polar surface area (TPSA) is 80.3 Å². The minimum absolute atomic E-state index is 0.0896. The number of rotatable bonds is 3. The molecule has 1 aliphatic heterocycles. The number of hydrogen-bond acceptors (Lipinski definition) is 6. The normalized spacial score (nSPS) is 14.6. The Bertz CT molecular complexity index is 974. The highest BCUT2D eigenvalue weighted by Gasteiger charge is 2.25. The molecule has 0 saturated carbocycles. The Labute approximate surface area is 165 Å². The first kappa shape index (κ1) is 17.7. The van der Waals surface area contributed by atoms with Crippen LogP contribution in [-0.4, -0.2) is 56.5 Å². The van der Waals surface area contributed by atoms with Gasteiger partial charge in [-0.3, -0.25) is 9.36 Å². The highest BCUT2D eigenvalue weighted by atomic mass is 79.9. The van der Waals surface area contributed by atoms with Crippen molar-refractivity contribution in [3.8, 4) is 5.82 Å². The first-order chi connectivity index (χ1) is 13.0. The lowest BCUT2D eigenvalue weighted by Crippen LogP contribution is -2.49. The Hall–Kier alpha value is -2.68. The highest BCUT2D eigenvalue weighted by molar-refractivity contribution is 9.10. The quantitative estimate of drug-likeness (QED) is 0.635. The Morgan fingerprint density at radius 2 is 1.81 bits per heavy atom. The minimum atomic E-state index is -0.0896. The molecule has 0 atom stereocenters. The summed E-state index contributed by atoms with van der Waals surface area (Å²) < 4.78 is 7.88. The van der Waals surface area contributed by atoms with Crippen molar-refractivity contribution in [1.29, 1.82) is 0 Å². The molecule has 0 radical (unpaired) electrons. The Balaban J connectivity index is 1.46. The summed E-state index contributed by atoms with van der Waals surface area (Å²) in [6.45, 7) is 6.61. The summed E-state index contributed by atoms with van der Waals surface area (Å²) in [6.07, 6.45) is 3.34. The van der Waals surface area contributed by atoms with Crippen molar-refractivity contribution in [2.24, 2.45) is 0 Å². The van der Waals surface area contributed by atoms with Gasteiger partial charge in [-0.05, 0) is 41.9 Å². The number of amides is 1. The van der Waals surface area contributed by atoms with Crippen molar-refractivity contribution >= 4 is 27.7 Å². The molecular formula is C18H19BrN6O2. The number of furan rings is 1. The molecule has 0 aromatic carbocycles. The van der Waals surface area contributed by atoms with E-state index in [0.717, 1.165) is 23.0 Å². The minimum Gasteiger partial charge on any atom is -0.444 e. The molecule has 27 heavy (non-hydrogen) atoms. The third kappa shape index (κ3) is 3.46. The molecule has 9 heteroatoms. The average Bonchev–Trinajstić information content (AvgIpc) is 3.27. The number of anilines is 1. The van der Waals surface area contributed by atoms with Crippen LogP contribution in [0.1, 0.15) is 21.9 Å². The Morgan fingerprint density at radius 1 is 1.07 bits per heavy atom. The summed E-state index contributed by atoms with van der Waals surface area (Å²) in [6, 6.07) is 5.37. The summed E-state index contributed by atoms with van der Waals surface area (Å²) in [4.78, 5) is 29.6. The van der Waals surface area contributed by atoms with E-state index in [1.807, 2.05) is 24.5 Å². The smallest absolute Gasteiger partial charge is 0.289 e. The maximum absolute atomic E-state index is 12.5. The molecule has 4 rings (SSSR count). The molecule has 1 fully saturated rings. The van der Waals surface area contributed by atoms with Crippen molar-refractivity contribution in [3.63, 3.8) is 0 Å². The number of nitrogens with zero attached hydrogens (tertiary/aromatic N) is 6. The fourth-order valence-electron chi connectivity index (χ4n) is 3.10. The van der Waals surface area contributed by atoms with Crippen LogP contribution < -0.4 is 4.90 Å². The third-order valence-corrected chi connectivity index (χ3v) is 5.24. The Morgan fingerprint density at radius 3 is 2.44 bits per heavy atom. The molecule has 0 bridgehead atoms. The number of carbonyl (C=O) groups is 1. The molecule has 140 valence electrons. The van der Waals surface area contributed by atoms with Crippen LogP contribution in [0.4, 0.5) is 5.82 Å². The van der Waals surface area contributed by atoms with Crippen molar-refractivity contribution in [2.75, 3.05) is 31.1 Å². The lowest BCUT2D eigenvalue weighted by atomic mass is 10.2. The second-order valence-corrected chi connectivity index (χ2v) is 7.18. The van der Waals surface area contributed by atoms with Crippen LogP contribution in [0, 0.1) is 13.8 Å². The van der Waals surface area contributed by atoms with Gasteiger partial charge in [0.1, 0.15) is 24.3 Å². The van der Waals surface area contributed by atoms with Gasteiger partial charge in [0.2, 0.25) is 0 Å². The summed E-state index contributed by atoms with van der Waals surface area (Å²) in [5, 5.41) is 0. The van der Waals surface area contributed by atoms with Crippen LogP contribution in [-0.2, 0) is 0 Å². The number of hydrogen-bond donors (Lipinski definition) is 0. The first-order valence-electron chi connectivity index (χ1n) is 8.65. The maximum Gasteiger partial charge on any atom is 0.289 e. The Kier molecular flexibility index (Phi) is 4.69. The molecule has 0 N–H and O–H groups in total. The molecule has 3 aromatic rings. The van der Waals surface area contributed by atoms with E-state index in [1.165, 1.54) is 0 Å². The van der Waals surface area contributed by atoms with Crippen LogP contribution in [0.2, 0.25) is 0 Å². The third-order valence-electron chi connectivity index (χ3n) is 4.81. The highest BCUT2D eigenvalue weighted by Crippen LogP contribution is 2.20. The fraction of sp³-hybridized carbons (Fsp3) is 0.333. The van der Waals surface area contributed by atoms with E-state index in [2.05, 4.69) is 35.8 Å². The van der Waals surface area contributed by atoms with E-state index in [-0.39, 0.29) is 5.91 Å². The predicted molar refractivity (Wildman–Crippen MR) is 103 cm³/mol. The zero-order chi connectivity index (χ0) is 19.0. The largest absolute Gasteiger partial charge is 0.444 e. The van der Waals surface area contributed by atoms with Crippen LogP contribution in [0.15, 0.2) is 39.9 Å². The molecule has 8 nitrogen and oxygen atoms in total. The predicted octanol–water partition coefficient (Wildman–Crippen LogP) is 2.60. The van der Waals surface area contributed by atoms with E-state index in [1.54, 1.807) is 29.7 Å². The van der Waals surface area contributed by atoms with E-state index < -0.39 is 0 Å². The van der Waals surface area contributed by atoms with E-state index in [0.29, 0.717) is 36.6 Å². The number of imidazole rings is 1. The summed E-state index contributed by atoms with van der Waals surface area (Å²) in [5.41, 5.74) is 2.03. The van der Waals surface area contributed by atoms with Gasteiger partial charge in [-0.1, -0.05) is 0 Å². The van der Waals surface area contributed by atoms with Crippen molar-refractivity contribution in [1.82, 2.24) is 24.4 Å². The lowest BCUT2D eigenvalue weighted by Gasteiger charge is -2.35. The molecule has 0 spiro atoms. The molecule has 1 saturated heterocycles. The van der Waals surface area contributed by atoms with Crippen LogP contribution in [0.5, 0.6) is 0 Å². The SMILES string of the molecule is Cc1ncn(-c2cc(N3CCN(C(=O)c4ccc(Br)o4)CC3)ncn2)c1C. The zero-order valence-corrected chi connectivity index (χ0v) is 16.7. The number of carbonyl (C=O) groups excluding carboxylic acids is 1. The molecular weight excluding hydrogens is 412 g/mol. The van der Waals surface area contributed by atoms with Crippen molar-refractivity contribution < 1.29 is 9.21 Å². The summed E-state index contributed by atoms with van der Waals surface area (Å²) in [7, 11) is 0. The molecule has 1 amide bonds. The molecule has 0 aliphatic carbocycles. The summed E-state index contributed by atoms with van der Waals surface area (Å²) >= 11 is 3.23. The average molecular weight is 431 g/mol. The fourth-order valence-corrected chi connectivity index (χ4v) is 3.40. The molecule has 3 aromatic heterocycles. The van der Waals surface area contributed by atoms with E-state index >= 15 is 0 Å².